The standard InChI is InChI=1S/C24H28N4OS.C5H10/c1-5-6-21-17(4)26-23(19-11-12-30-15-19)28-24(21)27-20-9-7-18(8-10-20)13-22(29)25-14-16(2)3;1-3-5-4-2/h5,7-12,15-16H,1,6,13-14H2,2-4H3,(H,25,29)(H,26,27,28);3,5H,4H2,1-2H3/b;5-3-. The van der Waals surface area contributed by atoms with E-state index >= 15 is 0 Å². The lowest BCUT2D eigenvalue weighted by atomic mass is 10.1. The zero-order chi connectivity index (χ0) is 25.6. The van der Waals surface area contributed by atoms with E-state index in [-0.39, 0.29) is 5.91 Å². The number of allylic oxidation sites excluding steroid dienone is 3. The second-order valence-electron chi connectivity index (χ2n) is 8.64. The van der Waals surface area contributed by atoms with Crippen LogP contribution in [0.5, 0.6) is 0 Å². The highest BCUT2D eigenvalue weighted by Crippen LogP contribution is 2.27. The normalized spacial score (nSPS) is 10.7. The molecule has 6 heteroatoms. The van der Waals surface area contributed by atoms with E-state index < -0.39 is 0 Å². The number of nitrogens with zero attached hydrogens (tertiary/aromatic N) is 2. The SMILES string of the molecule is C/C=C\CC.C=CCc1c(C)nc(-c2ccsc2)nc1Nc1ccc(CC(=O)NCC(C)C)cc1. The Morgan fingerprint density at radius 1 is 1.17 bits per heavy atom. The van der Waals surface area contributed by atoms with Crippen LogP contribution in [0.15, 0.2) is 65.9 Å². The van der Waals surface area contributed by atoms with Crippen LogP contribution in [0.1, 0.15) is 50.9 Å². The van der Waals surface area contributed by atoms with Gasteiger partial charge in [0.05, 0.1) is 6.42 Å². The van der Waals surface area contributed by atoms with Gasteiger partial charge in [0.15, 0.2) is 5.82 Å². The van der Waals surface area contributed by atoms with Gasteiger partial charge in [0, 0.05) is 34.4 Å². The van der Waals surface area contributed by atoms with Crippen molar-refractivity contribution in [1.82, 2.24) is 15.3 Å². The van der Waals surface area contributed by atoms with E-state index in [1.165, 1.54) is 0 Å². The third-order valence-electron chi connectivity index (χ3n) is 5.10. The van der Waals surface area contributed by atoms with Crippen LogP contribution in [-0.2, 0) is 17.6 Å². The van der Waals surface area contributed by atoms with E-state index in [9.17, 15) is 4.79 Å². The molecule has 0 radical (unpaired) electrons. The summed E-state index contributed by atoms with van der Waals surface area (Å²) >= 11 is 1.63. The summed E-state index contributed by atoms with van der Waals surface area (Å²) < 4.78 is 0. The van der Waals surface area contributed by atoms with Crippen molar-refractivity contribution in [3.63, 3.8) is 0 Å². The third-order valence-corrected chi connectivity index (χ3v) is 5.79. The lowest BCUT2D eigenvalue weighted by Crippen LogP contribution is -2.28. The van der Waals surface area contributed by atoms with Crippen LogP contribution in [0, 0.1) is 12.8 Å². The maximum Gasteiger partial charge on any atom is 0.224 e. The molecule has 0 aliphatic carbocycles. The van der Waals surface area contributed by atoms with Crippen molar-refractivity contribution >= 4 is 28.7 Å². The highest BCUT2D eigenvalue weighted by atomic mass is 32.1. The molecule has 0 fully saturated rings. The van der Waals surface area contributed by atoms with Gasteiger partial charge in [0.1, 0.15) is 5.82 Å². The molecular weight excluding hydrogens is 452 g/mol. The van der Waals surface area contributed by atoms with Crippen molar-refractivity contribution in [2.75, 3.05) is 11.9 Å². The zero-order valence-electron chi connectivity index (χ0n) is 21.6. The van der Waals surface area contributed by atoms with Crippen molar-refractivity contribution in [1.29, 1.82) is 0 Å². The molecule has 0 atom stereocenters. The molecule has 0 unspecified atom stereocenters. The second-order valence-corrected chi connectivity index (χ2v) is 9.42. The van der Waals surface area contributed by atoms with Gasteiger partial charge in [-0.3, -0.25) is 4.79 Å². The van der Waals surface area contributed by atoms with Crippen molar-refractivity contribution in [3.8, 4) is 11.4 Å². The fraction of sp³-hybridized carbons (Fsp3) is 0.345. The molecule has 2 aromatic heterocycles. The van der Waals surface area contributed by atoms with Crippen molar-refractivity contribution in [2.24, 2.45) is 5.92 Å². The lowest BCUT2D eigenvalue weighted by molar-refractivity contribution is -0.120. The monoisotopic (exact) mass is 490 g/mol. The number of carbonyl (C=O) groups excluding carboxylic acids is 1. The maximum absolute atomic E-state index is 12.0. The maximum atomic E-state index is 12.0. The van der Waals surface area contributed by atoms with Gasteiger partial charge in [-0.2, -0.15) is 11.3 Å². The van der Waals surface area contributed by atoms with E-state index in [1.54, 1.807) is 11.3 Å². The second kappa shape index (κ2) is 14.9. The number of carbonyl (C=O) groups is 1. The quantitative estimate of drug-likeness (QED) is 0.293. The van der Waals surface area contributed by atoms with E-state index in [0.717, 1.165) is 40.3 Å². The molecule has 35 heavy (non-hydrogen) atoms. The minimum Gasteiger partial charge on any atom is -0.356 e. The summed E-state index contributed by atoms with van der Waals surface area (Å²) in [6.45, 7) is 14.9. The molecule has 0 bridgehead atoms. The summed E-state index contributed by atoms with van der Waals surface area (Å²) in [6, 6.07) is 9.92. The van der Waals surface area contributed by atoms with E-state index in [1.807, 2.05) is 61.0 Å². The highest BCUT2D eigenvalue weighted by molar-refractivity contribution is 7.08. The van der Waals surface area contributed by atoms with Crippen LogP contribution in [-0.4, -0.2) is 22.4 Å². The Bertz CT molecular complexity index is 1090. The van der Waals surface area contributed by atoms with Crippen LogP contribution >= 0.6 is 11.3 Å². The first-order valence-electron chi connectivity index (χ1n) is 12.1. The third kappa shape index (κ3) is 9.49. The number of hydrogen-bond acceptors (Lipinski definition) is 5. The van der Waals surface area contributed by atoms with Crippen LogP contribution in [0.2, 0.25) is 0 Å². The Labute approximate surface area is 214 Å². The van der Waals surface area contributed by atoms with E-state index in [0.29, 0.717) is 31.1 Å². The van der Waals surface area contributed by atoms with Gasteiger partial charge in [-0.15, -0.1) is 6.58 Å². The van der Waals surface area contributed by atoms with Gasteiger partial charge < -0.3 is 10.6 Å². The van der Waals surface area contributed by atoms with Gasteiger partial charge in [-0.05, 0) is 61.7 Å². The lowest BCUT2D eigenvalue weighted by Gasteiger charge is -2.14. The number of nitrogens with one attached hydrogen (secondary N) is 2. The number of amides is 1. The summed E-state index contributed by atoms with van der Waals surface area (Å²) in [4.78, 5) is 21.5. The first-order valence-corrected chi connectivity index (χ1v) is 13.1. The van der Waals surface area contributed by atoms with E-state index in [2.05, 4.69) is 55.1 Å². The Morgan fingerprint density at radius 3 is 2.46 bits per heavy atom. The summed E-state index contributed by atoms with van der Waals surface area (Å²) in [5, 5.41) is 10.4. The number of rotatable bonds is 10. The minimum atomic E-state index is 0.0458. The van der Waals surface area contributed by atoms with Gasteiger partial charge in [0.2, 0.25) is 5.91 Å². The fourth-order valence-corrected chi connectivity index (χ4v) is 3.89. The molecule has 3 rings (SSSR count). The van der Waals surface area contributed by atoms with Crippen molar-refractivity contribution < 1.29 is 4.79 Å². The summed E-state index contributed by atoms with van der Waals surface area (Å²) in [7, 11) is 0. The predicted octanol–water partition coefficient (Wildman–Crippen LogP) is 7.27. The first-order chi connectivity index (χ1) is 16.9. The van der Waals surface area contributed by atoms with Gasteiger partial charge in [-0.1, -0.05) is 51.1 Å². The summed E-state index contributed by atoms with van der Waals surface area (Å²) in [6.07, 6.45) is 8.27. The predicted molar refractivity (Wildman–Crippen MR) is 150 cm³/mol. The molecule has 0 aliphatic rings. The molecule has 2 N–H and O–H groups in total. The summed E-state index contributed by atoms with van der Waals surface area (Å²) in [5.41, 5.74) is 4.87. The number of aromatic nitrogens is 2. The Morgan fingerprint density at radius 2 is 1.91 bits per heavy atom. The molecule has 186 valence electrons. The Balaban J connectivity index is 0.000000784. The molecule has 0 spiro atoms. The number of benzene rings is 1. The Kier molecular flexibility index (Phi) is 11.9. The molecule has 3 aromatic rings. The smallest absolute Gasteiger partial charge is 0.224 e. The molecular formula is C29H38N4OS. The van der Waals surface area contributed by atoms with Gasteiger partial charge in [-0.25, -0.2) is 9.97 Å². The number of aryl methyl sites for hydroxylation is 1. The molecule has 0 saturated heterocycles. The van der Waals surface area contributed by atoms with Crippen LogP contribution in [0.3, 0.4) is 0 Å². The van der Waals surface area contributed by atoms with Gasteiger partial charge >= 0.3 is 0 Å². The minimum absolute atomic E-state index is 0.0458. The molecule has 2 heterocycles. The van der Waals surface area contributed by atoms with Gasteiger partial charge in [0.25, 0.3) is 0 Å². The average Bonchev–Trinajstić information content (AvgIpc) is 3.37. The fourth-order valence-electron chi connectivity index (χ4n) is 3.25. The number of hydrogen-bond donors (Lipinski definition) is 2. The largest absolute Gasteiger partial charge is 0.356 e. The zero-order valence-corrected chi connectivity index (χ0v) is 22.4. The number of anilines is 2. The molecule has 1 amide bonds. The average molecular weight is 491 g/mol. The van der Waals surface area contributed by atoms with Crippen molar-refractivity contribution in [3.05, 3.63) is 82.7 Å². The van der Waals surface area contributed by atoms with Crippen LogP contribution in [0.25, 0.3) is 11.4 Å². The van der Waals surface area contributed by atoms with Crippen molar-refractivity contribution in [2.45, 2.75) is 53.9 Å². The first kappa shape index (κ1) is 28.0. The topological polar surface area (TPSA) is 66.9 Å². The molecule has 1 aromatic carbocycles. The molecule has 5 nitrogen and oxygen atoms in total. The Hall–Kier alpha value is -3.25. The van der Waals surface area contributed by atoms with Crippen LogP contribution < -0.4 is 10.6 Å². The highest BCUT2D eigenvalue weighted by Gasteiger charge is 2.13. The molecule has 0 aliphatic heterocycles. The van der Waals surface area contributed by atoms with Crippen LogP contribution in [0.4, 0.5) is 11.5 Å². The number of thiophene rings is 1. The molecule has 0 saturated carbocycles. The van der Waals surface area contributed by atoms with E-state index in [4.69, 9.17) is 4.98 Å². The summed E-state index contributed by atoms with van der Waals surface area (Å²) in [5.74, 6) is 1.98.